The first kappa shape index (κ1) is 15.2. The number of nitrogens with zero attached hydrogens (tertiary/aromatic N) is 1. The summed E-state index contributed by atoms with van der Waals surface area (Å²) < 4.78 is 10.8. The van der Waals surface area contributed by atoms with E-state index in [1.807, 2.05) is 0 Å². The van der Waals surface area contributed by atoms with Crippen LogP contribution in [-0.4, -0.2) is 28.9 Å². The van der Waals surface area contributed by atoms with E-state index in [-0.39, 0.29) is 29.9 Å². The van der Waals surface area contributed by atoms with Crippen LogP contribution in [0.3, 0.4) is 0 Å². The predicted molar refractivity (Wildman–Crippen MR) is 73.5 cm³/mol. The summed E-state index contributed by atoms with van der Waals surface area (Å²) in [4.78, 5) is 21.2. The third-order valence-corrected chi connectivity index (χ3v) is 3.47. The van der Waals surface area contributed by atoms with Crippen molar-refractivity contribution < 1.29 is 24.3 Å². The monoisotopic (exact) mass is 295 g/mol. The van der Waals surface area contributed by atoms with Gasteiger partial charge in [0.15, 0.2) is 6.79 Å². The fourth-order valence-corrected chi connectivity index (χ4v) is 2.34. The first-order valence-corrected chi connectivity index (χ1v) is 6.84. The number of carbonyl (C=O) groups is 1. The highest BCUT2D eigenvalue weighted by atomic mass is 16.7. The van der Waals surface area contributed by atoms with Crippen LogP contribution < -0.4 is 4.74 Å². The number of carboxylic acid groups (broad SMARTS) is 1. The van der Waals surface area contributed by atoms with Crippen molar-refractivity contribution in [1.29, 1.82) is 0 Å². The number of hydrogen-bond acceptors (Lipinski definition) is 5. The summed E-state index contributed by atoms with van der Waals surface area (Å²) in [5.41, 5.74) is -0.333. The largest absolute Gasteiger partial charge is 0.478 e. The van der Waals surface area contributed by atoms with Crippen molar-refractivity contribution in [3.05, 3.63) is 33.9 Å². The van der Waals surface area contributed by atoms with Crippen LogP contribution in [0.15, 0.2) is 18.2 Å². The maximum Gasteiger partial charge on any atom is 0.335 e. The van der Waals surface area contributed by atoms with Crippen LogP contribution in [0, 0.1) is 10.1 Å². The maximum atomic E-state index is 10.9. The van der Waals surface area contributed by atoms with Gasteiger partial charge < -0.3 is 14.6 Å². The zero-order valence-corrected chi connectivity index (χ0v) is 11.5. The van der Waals surface area contributed by atoms with E-state index >= 15 is 0 Å². The quantitative estimate of drug-likeness (QED) is 0.492. The standard InChI is InChI=1S/C14H17NO6/c16-14(17)10-6-7-12(15(18)19)13(8-10)21-9-20-11-4-2-1-3-5-11/h6-8,11H,1-5,9H2,(H,16,17). The molecule has 114 valence electrons. The maximum absolute atomic E-state index is 10.9. The van der Waals surface area contributed by atoms with Crippen LogP contribution in [0.1, 0.15) is 42.5 Å². The zero-order valence-electron chi connectivity index (χ0n) is 11.5. The Morgan fingerprint density at radius 3 is 2.67 bits per heavy atom. The zero-order chi connectivity index (χ0) is 15.2. The summed E-state index contributed by atoms with van der Waals surface area (Å²) in [5.74, 6) is -1.25. The summed E-state index contributed by atoms with van der Waals surface area (Å²) in [5, 5.41) is 19.8. The lowest BCUT2D eigenvalue weighted by molar-refractivity contribution is -0.386. The number of carboxylic acids is 1. The van der Waals surface area contributed by atoms with E-state index < -0.39 is 10.9 Å². The van der Waals surface area contributed by atoms with Crippen molar-refractivity contribution in [1.82, 2.24) is 0 Å². The number of benzene rings is 1. The average Bonchev–Trinajstić information content (AvgIpc) is 2.48. The first-order valence-electron chi connectivity index (χ1n) is 6.84. The van der Waals surface area contributed by atoms with Gasteiger partial charge in [-0.1, -0.05) is 19.3 Å². The van der Waals surface area contributed by atoms with Gasteiger partial charge in [0.1, 0.15) is 0 Å². The molecular formula is C14H17NO6. The van der Waals surface area contributed by atoms with Crippen LogP contribution in [0.5, 0.6) is 5.75 Å². The third-order valence-electron chi connectivity index (χ3n) is 3.47. The third kappa shape index (κ3) is 4.16. The number of hydrogen-bond donors (Lipinski definition) is 1. The Morgan fingerprint density at radius 2 is 2.05 bits per heavy atom. The van der Waals surface area contributed by atoms with Gasteiger partial charge in [-0.15, -0.1) is 0 Å². The van der Waals surface area contributed by atoms with Gasteiger partial charge in [-0.2, -0.15) is 0 Å². The summed E-state index contributed by atoms with van der Waals surface area (Å²) in [6, 6.07) is 3.44. The first-order chi connectivity index (χ1) is 10.1. The van der Waals surface area contributed by atoms with Crippen LogP contribution in [0.25, 0.3) is 0 Å². The van der Waals surface area contributed by atoms with Crippen LogP contribution in [-0.2, 0) is 4.74 Å². The smallest absolute Gasteiger partial charge is 0.335 e. The second-order valence-corrected chi connectivity index (χ2v) is 4.93. The molecule has 1 N–H and O–H groups in total. The van der Waals surface area contributed by atoms with Gasteiger partial charge in [-0.25, -0.2) is 4.79 Å². The van der Waals surface area contributed by atoms with E-state index in [9.17, 15) is 14.9 Å². The molecule has 21 heavy (non-hydrogen) atoms. The summed E-state index contributed by atoms with van der Waals surface area (Å²) >= 11 is 0. The molecule has 0 unspecified atom stereocenters. The fourth-order valence-electron chi connectivity index (χ4n) is 2.34. The molecule has 0 radical (unpaired) electrons. The van der Waals surface area contributed by atoms with Gasteiger partial charge in [-0.05, 0) is 18.9 Å². The summed E-state index contributed by atoms with van der Waals surface area (Å²) in [6.45, 7) is -0.116. The molecule has 1 fully saturated rings. The molecule has 0 atom stereocenters. The number of nitro benzene ring substituents is 1. The van der Waals surface area contributed by atoms with Crippen molar-refractivity contribution in [3.63, 3.8) is 0 Å². The molecule has 0 saturated heterocycles. The number of nitro groups is 1. The van der Waals surface area contributed by atoms with E-state index in [2.05, 4.69) is 0 Å². The Hall–Kier alpha value is -2.15. The predicted octanol–water partition coefficient (Wildman–Crippen LogP) is 2.98. The number of aromatic carboxylic acids is 1. The van der Waals surface area contributed by atoms with E-state index in [1.54, 1.807) is 0 Å². The second kappa shape index (κ2) is 7.03. The Balaban J connectivity index is 2.00. The van der Waals surface area contributed by atoms with Crippen molar-refractivity contribution >= 4 is 11.7 Å². The molecule has 0 amide bonds. The Bertz CT molecular complexity index is 524. The highest BCUT2D eigenvalue weighted by Gasteiger charge is 2.19. The molecule has 0 bridgehead atoms. The Morgan fingerprint density at radius 1 is 1.33 bits per heavy atom. The highest BCUT2D eigenvalue weighted by molar-refractivity contribution is 5.88. The molecule has 1 aliphatic rings. The Labute approximate surface area is 121 Å². The molecule has 2 rings (SSSR count). The van der Waals surface area contributed by atoms with E-state index in [0.717, 1.165) is 37.8 Å². The van der Waals surface area contributed by atoms with Gasteiger partial charge in [0, 0.05) is 12.1 Å². The molecule has 7 heteroatoms. The minimum absolute atomic E-state index is 0.0618. The lowest BCUT2D eigenvalue weighted by atomic mass is 9.98. The summed E-state index contributed by atoms with van der Waals surface area (Å²) in [6.07, 6.45) is 5.45. The molecule has 1 aromatic carbocycles. The molecule has 7 nitrogen and oxygen atoms in total. The second-order valence-electron chi connectivity index (χ2n) is 4.93. The van der Waals surface area contributed by atoms with Gasteiger partial charge in [0.05, 0.1) is 16.6 Å². The SMILES string of the molecule is O=C(O)c1ccc([N+](=O)[O-])c(OCOC2CCCCC2)c1. The molecule has 0 spiro atoms. The van der Waals surface area contributed by atoms with Gasteiger partial charge in [0.2, 0.25) is 5.75 Å². The molecular weight excluding hydrogens is 278 g/mol. The van der Waals surface area contributed by atoms with Crippen LogP contribution in [0.2, 0.25) is 0 Å². The normalized spacial score (nSPS) is 15.6. The van der Waals surface area contributed by atoms with Gasteiger partial charge in [-0.3, -0.25) is 10.1 Å². The lowest BCUT2D eigenvalue weighted by Crippen LogP contribution is -2.19. The van der Waals surface area contributed by atoms with Crippen molar-refractivity contribution in [3.8, 4) is 5.75 Å². The van der Waals surface area contributed by atoms with Crippen molar-refractivity contribution in [2.45, 2.75) is 38.2 Å². The molecule has 0 aromatic heterocycles. The number of ether oxygens (including phenoxy) is 2. The lowest BCUT2D eigenvalue weighted by Gasteiger charge is -2.21. The van der Waals surface area contributed by atoms with E-state index in [0.29, 0.717) is 0 Å². The molecule has 1 saturated carbocycles. The molecule has 1 aliphatic carbocycles. The molecule has 0 heterocycles. The number of rotatable bonds is 6. The topological polar surface area (TPSA) is 98.9 Å². The molecule has 1 aromatic rings. The van der Waals surface area contributed by atoms with Gasteiger partial charge in [0.25, 0.3) is 0 Å². The van der Waals surface area contributed by atoms with Crippen molar-refractivity contribution in [2.24, 2.45) is 0 Å². The van der Waals surface area contributed by atoms with E-state index in [1.165, 1.54) is 12.5 Å². The average molecular weight is 295 g/mol. The van der Waals surface area contributed by atoms with E-state index in [4.69, 9.17) is 14.6 Å². The van der Waals surface area contributed by atoms with Crippen LogP contribution >= 0.6 is 0 Å². The highest BCUT2D eigenvalue weighted by Crippen LogP contribution is 2.28. The summed E-state index contributed by atoms with van der Waals surface area (Å²) in [7, 11) is 0. The minimum atomic E-state index is -1.16. The van der Waals surface area contributed by atoms with Crippen LogP contribution in [0.4, 0.5) is 5.69 Å². The minimum Gasteiger partial charge on any atom is -0.478 e. The van der Waals surface area contributed by atoms with Crippen molar-refractivity contribution in [2.75, 3.05) is 6.79 Å². The van der Waals surface area contributed by atoms with Gasteiger partial charge >= 0.3 is 11.7 Å². The molecule has 0 aliphatic heterocycles. The Kier molecular flexibility index (Phi) is 5.10. The fraction of sp³-hybridized carbons (Fsp3) is 0.500.